The van der Waals surface area contributed by atoms with Gasteiger partial charge in [-0.15, -0.1) is 0 Å². The Morgan fingerprint density at radius 3 is 1.90 bits per heavy atom. The first-order valence-corrected chi connectivity index (χ1v) is 18.1. The Morgan fingerprint density at radius 1 is 0.800 bits per heavy atom. The number of nitrogens with zero attached hydrogens (tertiary/aromatic N) is 1. The summed E-state index contributed by atoms with van der Waals surface area (Å²) in [6.45, 7) is 0. The van der Waals surface area contributed by atoms with E-state index in [1.165, 1.54) is 50.3 Å². The lowest BCUT2D eigenvalue weighted by Crippen LogP contribution is -2.39. The van der Waals surface area contributed by atoms with Gasteiger partial charge in [-0.1, -0.05) is 79.6 Å². The molecule has 5 rings (SSSR count). The summed E-state index contributed by atoms with van der Waals surface area (Å²) in [6.07, 6.45) is 10.4. The molecule has 0 saturated heterocycles. The first kappa shape index (κ1) is 41.7. The van der Waals surface area contributed by atoms with Crippen LogP contribution in [0.15, 0.2) is 48.5 Å². The maximum atomic E-state index is 13.0. The van der Waals surface area contributed by atoms with Crippen molar-refractivity contribution in [2.75, 3.05) is 28.4 Å². The van der Waals surface area contributed by atoms with Crippen molar-refractivity contribution in [3.05, 3.63) is 86.7 Å². The van der Waals surface area contributed by atoms with Crippen LogP contribution < -0.4 is 11.7 Å². The number of hydrazine groups is 1. The quantitative estimate of drug-likeness (QED) is 0.0790. The average Bonchev–Trinajstić information content (AvgIpc) is 3.51. The molecule has 0 spiro atoms. The summed E-state index contributed by atoms with van der Waals surface area (Å²) in [5, 5.41) is 9.27. The standard InChI is InChI=1S/C19H25ClN2O2.C19H25ClO4.H4N2/c1-23-19(24-2)18-16-10-5-3-4-8-14(17(16)21-22-18)11-13-7-6-9-15(20)12-13;1-23-19(24-2)18(22)16-10-5-3-4-8-14(17(16)21)11-13-7-6-9-15(20)12-13;1-2/h6-7,9,12,14,19H,3-5,8,10-11H2,1-2H3,(H,21,22);6-7,9,12,14,16,19H,3-5,8,10-11H2,1-2H3;1-2H2. The van der Waals surface area contributed by atoms with E-state index in [0.29, 0.717) is 23.8 Å². The number of carbonyl (C=O) groups is 2. The Hall–Kier alpha value is -2.67. The number of ketones is 2. The molecule has 12 heteroatoms. The third kappa shape index (κ3) is 12.0. The SMILES string of the molecule is COC(OC)C(=O)C1CCCCCC(Cc2cccc(Cl)c2)C1=O.COC(OC)c1n[nH]c2c1CCCCCC2Cc1cccc(Cl)c1.NN. The highest BCUT2D eigenvalue weighted by atomic mass is 35.5. The molecule has 1 fully saturated rings. The molecule has 1 aromatic heterocycles. The third-order valence-corrected chi connectivity index (χ3v) is 9.98. The van der Waals surface area contributed by atoms with Gasteiger partial charge in [-0.3, -0.25) is 26.4 Å². The first-order valence-electron chi connectivity index (χ1n) is 17.4. The van der Waals surface area contributed by atoms with Crippen molar-refractivity contribution in [1.29, 1.82) is 0 Å². The van der Waals surface area contributed by atoms with E-state index in [-0.39, 0.29) is 17.5 Å². The number of H-pyrrole nitrogens is 1. The number of aromatic amines is 1. The zero-order valence-corrected chi connectivity index (χ0v) is 31.3. The van der Waals surface area contributed by atoms with E-state index in [1.54, 1.807) is 14.2 Å². The number of hydrogen-bond acceptors (Lipinski definition) is 9. The Bertz CT molecular complexity index is 1460. The number of rotatable bonds is 11. The summed E-state index contributed by atoms with van der Waals surface area (Å²) < 4.78 is 21.0. The molecule has 276 valence electrons. The van der Waals surface area contributed by atoms with Crippen molar-refractivity contribution in [2.45, 2.75) is 95.5 Å². The van der Waals surface area contributed by atoms with Crippen molar-refractivity contribution in [3.63, 3.8) is 0 Å². The Kier molecular flexibility index (Phi) is 18.6. The molecule has 0 amide bonds. The number of aromatic nitrogens is 2. The summed E-state index contributed by atoms with van der Waals surface area (Å²) in [6, 6.07) is 15.7. The van der Waals surface area contributed by atoms with Crippen LogP contribution in [-0.2, 0) is 47.8 Å². The highest BCUT2D eigenvalue weighted by Gasteiger charge is 2.37. The normalized spacial score (nSPS) is 19.6. The second-order valence-electron chi connectivity index (χ2n) is 12.8. The van der Waals surface area contributed by atoms with Crippen LogP contribution in [0, 0.1) is 11.8 Å². The number of fused-ring (bicyclic) bond motifs is 1. The summed E-state index contributed by atoms with van der Waals surface area (Å²) in [4.78, 5) is 25.6. The first-order chi connectivity index (χ1) is 24.3. The number of nitrogens with one attached hydrogen (secondary N) is 1. The van der Waals surface area contributed by atoms with Crippen molar-refractivity contribution >= 4 is 34.8 Å². The highest BCUT2D eigenvalue weighted by molar-refractivity contribution is 6.30. The number of nitrogens with two attached hydrogens (primary N) is 2. The van der Waals surface area contributed by atoms with Crippen LogP contribution in [0.25, 0.3) is 0 Å². The third-order valence-electron chi connectivity index (χ3n) is 9.51. The van der Waals surface area contributed by atoms with Gasteiger partial charge in [0.05, 0.1) is 5.92 Å². The molecule has 2 aromatic carbocycles. The predicted octanol–water partition coefficient (Wildman–Crippen LogP) is 7.45. The van der Waals surface area contributed by atoms with Crippen LogP contribution in [0.5, 0.6) is 0 Å². The monoisotopic (exact) mass is 732 g/mol. The number of methoxy groups -OCH3 is 4. The van der Waals surface area contributed by atoms with E-state index in [0.717, 1.165) is 61.2 Å². The Morgan fingerprint density at radius 2 is 1.34 bits per heavy atom. The second-order valence-corrected chi connectivity index (χ2v) is 13.6. The van der Waals surface area contributed by atoms with Gasteiger partial charge in [-0.2, -0.15) is 5.10 Å². The molecule has 0 radical (unpaired) electrons. The van der Waals surface area contributed by atoms with Crippen LogP contribution in [0.3, 0.4) is 0 Å². The van der Waals surface area contributed by atoms with Crippen molar-refractivity contribution < 1.29 is 28.5 Å². The van der Waals surface area contributed by atoms with Gasteiger partial charge in [0.1, 0.15) is 11.5 Å². The van der Waals surface area contributed by atoms with Gasteiger partial charge in [-0.05, 0) is 80.3 Å². The van der Waals surface area contributed by atoms with Gasteiger partial charge in [0.2, 0.25) is 12.6 Å². The molecule has 10 nitrogen and oxygen atoms in total. The van der Waals surface area contributed by atoms with E-state index >= 15 is 0 Å². The molecule has 0 aliphatic heterocycles. The summed E-state index contributed by atoms with van der Waals surface area (Å²) in [5.41, 5.74) is 5.71. The van der Waals surface area contributed by atoms with Crippen LogP contribution in [-0.4, -0.2) is 56.5 Å². The summed E-state index contributed by atoms with van der Waals surface area (Å²) in [7, 11) is 6.15. The van der Waals surface area contributed by atoms with E-state index < -0.39 is 18.5 Å². The van der Waals surface area contributed by atoms with E-state index in [2.05, 4.69) is 34.0 Å². The molecule has 1 saturated carbocycles. The molecule has 0 bridgehead atoms. The number of ether oxygens (including phenoxy) is 4. The smallest absolute Gasteiger partial charge is 0.218 e. The number of benzene rings is 2. The number of halogens is 2. The molecule has 3 atom stereocenters. The van der Waals surface area contributed by atoms with Crippen molar-refractivity contribution in [2.24, 2.45) is 23.5 Å². The van der Waals surface area contributed by atoms with Crippen LogP contribution in [0.2, 0.25) is 10.0 Å². The maximum absolute atomic E-state index is 13.0. The molecule has 5 N–H and O–H groups in total. The van der Waals surface area contributed by atoms with E-state index in [9.17, 15) is 9.59 Å². The maximum Gasteiger partial charge on any atom is 0.218 e. The minimum atomic E-state index is -0.967. The molecule has 2 aliphatic carbocycles. The zero-order chi connectivity index (χ0) is 36.5. The van der Waals surface area contributed by atoms with Crippen molar-refractivity contribution in [1.82, 2.24) is 10.2 Å². The number of carbonyl (C=O) groups excluding carboxylic acids is 2. The fourth-order valence-electron chi connectivity index (χ4n) is 7.09. The Balaban J connectivity index is 0.000000258. The largest absolute Gasteiger partial charge is 0.350 e. The molecular weight excluding hydrogens is 679 g/mol. The number of Topliss-reactive ketones (excluding diaryl/α,β-unsaturated/α-hetero) is 2. The molecule has 50 heavy (non-hydrogen) atoms. The second kappa shape index (κ2) is 22.3. The summed E-state index contributed by atoms with van der Waals surface area (Å²) >= 11 is 12.2. The van der Waals surface area contributed by atoms with Crippen LogP contribution in [0.4, 0.5) is 0 Å². The summed E-state index contributed by atoms with van der Waals surface area (Å²) in [5.74, 6) is 7.38. The minimum Gasteiger partial charge on any atom is -0.350 e. The van der Waals surface area contributed by atoms with E-state index in [4.69, 9.17) is 42.1 Å². The van der Waals surface area contributed by atoms with Gasteiger partial charge in [0, 0.05) is 61.6 Å². The molecule has 3 unspecified atom stereocenters. The zero-order valence-electron chi connectivity index (χ0n) is 29.8. The Labute approximate surface area is 306 Å². The van der Waals surface area contributed by atoms with E-state index in [1.807, 2.05) is 36.4 Å². The topological polar surface area (TPSA) is 152 Å². The fraction of sp³-hybridized carbons (Fsp3) is 0.553. The fourth-order valence-corrected chi connectivity index (χ4v) is 7.51. The van der Waals surface area contributed by atoms with Crippen LogP contribution in [0.1, 0.15) is 98.1 Å². The molecule has 3 aromatic rings. The lowest BCUT2D eigenvalue weighted by atomic mass is 9.78. The van der Waals surface area contributed by atoms with Crippen LogP contribution >= 0.6 is 23.2 Å². The van der Waals surface area contributed by atoms with Gasteiger partial charge in [0.15, 0.2) is 5.78 Å². The van der Waals surface area contributed by atoms with Gasteiger partial charge < -0.3 is 18.9 Å². The lowest BCUT2D eigenvalue weighted by Gasteiger charge is -2.26. The molecular formula is C38H54Cl2N4O6. The van der Waals surface area contributed by atoms with Crippen molar-refractivity contribution in [3.8, 4) is 0 Å². The van der Waals surface area contributed by atoms with Gasteiger partial charge >= 0.3 is 0 Å². The number of hydrogen-bond donors (Lipinski definition) is 3. The average molecular weight is 734 g/mol. The highest BCUT2D eigenvalue weighted by Crippen LogP contribution is 2.35. The van der Waals surface area contributed by atoms with Gasteiger partial charge in [-0.25, -0.2) is 0 Å². The minimum absolute atomic E-state index is 0.0128. The predicted molar refractivity (Wildman–Crippen MR) is 197 cm³/mol. The lowest BCUT2D eigenvalue weighted by molar-refractivity contribution is -0.164. The molecule has 2 aliphatic rings. The molecule has 1 heterocycles. The van der Waals surface area contributed by atoms with Gasteiger partial charge in [0.25, 0.3) is 0 Å².